The second kappa shape index (κ2) is 5.60. The topological polar surface area (TPSA) is 71.8 Å². The predicted octanol–water partition coefficient (Wildman–Crippen LogP) is -0.464. The summed E-state index contributed by atoms with van der Waals surface area (Å²) in [5.41, 5.74) is 0. The van der Waals surface area contributed by atoms with Gasteiger partial charge in [-0.25, -0.2) is 4.68 Å². The molecule has 1 aliphatic heterocycles. The van der Waals surface area contributed by atoms with Crippen LogP contribution < -0.4 is 10.6 Å². The van der Waals surface area contributed by atoms with Gasteiger partial charge < -0.3 is 10.6 Å². The first-order valence-electron chi connectivity index (χ1n) is 5.69. The number of hydrogen-bond acceptors (Lipinski definition) is 4. The van der Waals surface area contributed by atoms with Crippen molar-refractivity contribution in [2.24, 2.45) is 0 Å². The Kier molecular flexibility index (Phi) is 3.87. The third-order valence-corrected chi connectivity index (χ3v) is 2.75. The molecular formula is C10H17N5O. The van der Waals surface area contributed by atoms with E-state index in [0.29, 0.717) is 6.04 Å². The van der Waals surface area contributed by atoms with Crippen LogP contribution in [0.1, 0.15) is 19.3 Å². The standard InChI is InChI=1S/C10H17N5O/c16-10(8-15-7-6-13-14-15)12-5-3-9-2-1-4-11-9/h6-7,9,11H,1-5,8H2,(H,12,16)/t9-/m0/s1. The SMILES string of the molecule is O=C(Cn1ccnn1)NCC[C@@H]1CCCN1. The molecule has 1 aromatic heterocycles. The maximum absolute atomic E-state index is 11.5. The largest absolute Gasteiger partial charge is 0.354 e. The number of amides is 1. The molecule has 16 heavy (non-hydrogen) atoms. The number of rotatable bonds is 5. The van der Waals surface area contributed by atoms with Gasteiger partial charge in [0.2, 0.25) is 5.91 Å². The van der Waals surface area contributed by atoms with Crippen molar-refractivity contribution in [1.29, 1.82) is 0 Å². The van der Waals surface area contributed by atoms with E-state index < -0.39 is 0 Å². The third-order valence-electron chi connectivity index (χ3n) is 2.75. The summed E-state index contributed by atoms with van der Waals surface area (Å²) in [5.74, 6) is -0.0107. The molecule has 0 spiro atoms. The van der Waals surface area contributed by atoms with E-state index in [1.807, 2.05) is 0 Å². The summed E-state index contributed by atoms with van der Waals surface area (Å²) in [5, 5.41) is 13.7. The highest BCUT2D eigenvalue weighted by atomic mass is 16.2. The minimum atomic E-state index is -0.0107. The fraction of sp³-hybridized carbons (Fsp3) is 0.700. The summed E-state index contributed by atoms with van der Waals surface area (Å²) in [6.45, 7) is 2.08. The number of nitrogens with one attached hydrogen (secondary N) is 2. The zero-order chi connectivity index (χ0) is 11.2. The predicted molar refractivity (Wildman–Crippen MR) is 58.7 cm³/mol. The van der Waals surface area contributed by atoms with Crippen LogP contribution >= 0.6 is 0 Å². The van der Waals surface area contributed by atoms with Crippen molar-refractivity contribution >= 4 is 5.91 Å². The van der Waals surface area contributed by atoms with Gasteiger partial charge in [0.05, 0.1) is 6.20 Å². The van der Waals surface area contributed by atoms with E-state index in [1.165, 1.54) is 17.5 Å². The van der Waals surface area contributed by atoms with Crippen LogP contribution in [0.4, 0.5) is 0 Å². The van der Waals surface area contributed by atoms with Gasteiger partial charge in [0.15, 0.2) is 0 Å². The molecule has 0 aromatic carbocycles. The average molecular weight is 223 g/mol. The molecule has 1 atom stereocenters. The first-order chi connectivity index (χ1) is 7.84. The highest BCUT2D eigenvalue weighted by Gasteiger charge is 2.13. The van der Waals surface area contributed by atoms with Crippen molar-refractivity contribution in [3.63, 3.8) is 0 Å². The van der Waals surface area contributed by atoms with Crippen LogP contribution in [0.5, 0.6) is 0 Å². The summed E-state index contributed by atoms with van der Waals surface area (Å²) in [6.07, 6.45) is 6.72. The highest BCUT2D eigenvalue weighted by molar-refractivity contribution is 5.75. The molecule has 0 unspecified atom stereocenters. The lowest BCUT2D eigenvalue weighted by Crippen LogP contribution is -2.32. The Balaban J connectivity index is 1.60. The fourth-order valence-corrected chi connectivity index (χ4v) is 1.91. The van der Waals surface area contributed by atoms with Crippen molar-refractivity contribution in [2.45, 2.75) is 31.8 Å². The van der Waals surface area contributed by atoms with Crippen LogP contribution in [0, 0.1) is 0 Å². The number of aromatic nitrogens is 3. The van der Waals surface area contributed by atoms with Gasteiger partial charge in [-0.1, -0.05) is 5.21 Å². The Morgan fingerprint density at radius 2 is 2.56 bits per heavy atom. The molecule has 1 aliphatic rings. The Bertz CT molecular complexity index is 318. The maximum atomic E-state index is 11.5. The van der Waals surface area contributed by atoms with E-state index in [2.05, 4.69) is 20.9 Å². The molecule has 1 fully saturated rings. The van der Waals surface area contributed by atoms with Gasteiger partial charge in [0.25, 0.3) is 0 Å². The molecule has 0 aliphatic carbocycles. The Labute approximate surface area is 94.4 Å². The quantitative estimate of drug-likeness (QED) is 0.708. The third kappa shape index (κ3) is 3.30. The molecule has 88 valence electrons. The van der Waals surface area contributed by atoms with Gasteiger partial charge in [-0.15, -0.1) is 5.10 Å². The second-order valence-electron chi connectivity index (χ2n) is 4.03. The van der Waals surface area contributed by atoms with Gasteiger partial charge in [-0.3, -0.25) is 4.79 Å². The van der Waals surface area contributed by atoms with Crippen molar-refractivity contribution < 1.29 is 4.79 Å². The van der Waals surface area contributed by atoms with Gasteiger partial charge in [-0.05, 0) is 25.8 Å². The van der Waals surface area contributed by atoms with Crippen LogP contribution in [0.2, 0.25) is 0 Å². The lowest BCUT2D eigenvalue weighted by Gasteiger charge is -2.10. The number of carbonyl (C=O) groups excluding carboxylic acids is 1. The minimum absolute atomic E-state index is 0.0107. The molecule has 0 radical (unpaired) electrons. The minimum Gasteiger partial charge on any atom is -0.354 e. The Hall–Kier alpha value is -1.43. The highest BCUT2D eigenvalue weighted by Crippen LogP contribution is 2.07. The first-order valence-corrected chi connectivity index (χ1v) is 5.69. The fourth-order valence-electron chi connectivity index (χ4n) is 1.91. The van der Waals surface area contributed by atoms with E-state index in [0.717, 1.165) is 19.5 Å². The maximum Gasteiger partial charge on any atom is 0.241 e. The zero-order valence-electron chi connectivity index (χ0n) is 9.22. The van der Waals surface area contributed by atoms with Crippen LogP contribution in [-0.2, 0) is 11.3 Å². The van der Waals surface area contributed by atoms with Crippen molar-refractivity contribution in [1.82, 2.24) is 25.6 Å². The molecule has 0 saturated carbocycles. The van der Waals surface area contributed by atoms with Crippen LogP contribution in [0.15, 0.2) is 12.4 Å². The smallest absolute Gasteiger partial charge is 0.241 e. The average Bonchev–Trinajstić information content (AvgIpc) is 2.90. The number of hydrogen-bond donors (Lipinski definition) is 2. The molecular weight excluding hydrogens is 206 g/mol. The van der Waals surface area contributed by atoms with Crippen molar-refractivity contribution in [3.8, 4) is 0 Å². The number of carbonyl (C=O) groups is 1. The monoisotopic (exact) mass is 223 g/mol. The number of nitrogens with zero attached hydrogens (tertiary/aromatic N) is 3. The molecule has 1 saturated heterocycles. The summed E-state index contributed by atoms with van der Waals surface area (Å²) in [7, 11) is 0. The second-order valence-corrected chi connectivity index (χ2v) is 4.03. The van der Waals surface area contributed by atoms with E-state index >= 15 is 0 Å². The van der Waals surface area contributed by atoms with Gasteiger partial charge >= 0.3 is 0 Å². The van der Waals surface area contributed by atoms with E-state index in [9.17, 15) is 4.79 Å². The molecule has 6 heteroatoms. The molecule has 1 aromatic rings. The van der Waals surface area contributed by atoms with Gasteiger partial charge in [0, 0.05) is 18.8 Å². The molecule has 1 amide bonds. The Morgan fingerprint density at radius 1 is 1.62 bits per heavy atom. The van der Waals surface area contributed by atoms with Crippen molar-refractivity contribution in [3.05, 3.63) is 12.4 Å². The summed E-state index contributed by atoms with van der Waals surface area (Å²) in [4.78, 5) is 11.5. The van der Waals surface area contributed by atoms with Gasteiger partial charge in [0.1, 0.15) is 6.54 Å². The molecule has 2 heterocycles. The van der Waals surface area contributed by atoms with Crippen LogP contribution in [0.3, 0.4) is 0 Å². The summed E-state index contributed by atoms with van der Waals surface area (Å²) in [6, 6.07) is 0.576. The van der Waals surface area contributed by atoms with E-state index in [4.69, 9.17) is 0 Å². The molecule has 2 rings (SSSR count). The summed E-state index contributed by atoms with van der Waals surface area (Å²) >= 11 is 0. The molecule has 6 nitrogen and oxygen atoms in total. The van der Waals surface area contributed by atoms with E-state index in [-0.39, 0.29) is 12.5 Å². The van der Waals surface area contributed by atoms with Crippen LogP contribution in [0.25, 0.3) is 0 Å². The van der Waals surface area contributed by atoms with Crippen LogP contribution in [-0.4, -0.2) is 40.0 Å². The zero-order valence-corrected chi connectivity index (χ0v) is 9.22. The molecule has 0 bridgehead atoms. The normalized spacial score (nSPS) is 19.9. The molecule has 2 N–H and O–H groups in total. The van der Waals surface area contributed by atoms with Gasteiger partial charge in [-0.2, -0.15) is 0 Å². The first kappa shape index (κ1) is 11.1. The lowest BCUT2D eigenvalue weighted by molar-refractivity contribution is -0.121. The van der Waals surface area contributed by atoms with Crippen molar-refractivity contribution in [2.75, 3.05) is 13.1 Å². The summed E-state index contributed by atoms with van der Waals surface area (Å²) < 4.78 is 1.52. The van der Waals surface area contributed by atoms with E-state index in [1.54, 1.807) is 12.4 Å². The lowest BCUT2D eigenvalue weighted by atomic mass is 10.1. The Morgan fingerprint density at radius 3 is 3.25 bits per heavy atom.